The van der Waals surface area contributed by atoms with Gasteiger partial charge in [0.2, 0.25) is 0 Å². The van der Waals surface area contributed by atoms with Gasteiger partial charge in [-0.3, -0.25) is 4.79 Å². The Morgan fingerprint density at radius 3 is 2.67 bits per heavy atom. The van der Waals surface area contributed by atoms with E-state index in [-0.39, 0.29) is 16.9 Å². The summed E-state index contributed by atoms with van der Waals surface area (Å²) >= 11 is 10.9. The first-order valence-corrected chi connectivity index (χ1v) is 7.70. The number of ether oxygens (including phenoxy) is 1. The molecule has 2 unspecified atom stereocenters. The smallest absolute Gasteiger partial charge is 0.260 e. The molecule has 0 fully saturated rings. The Hall–Kier alpha value is -1.33. The first-order chi connectivity index (χ1) is 9.85. The normalized spacial score (nSPS) is 13.3. The van der Waals surface area contributed by atoms with Gasteiger partial charge in [-0.15, -0.1) is 0 Å². The van der Waals surface area contributed by atoms with E-state index in [1.165, 1.54) is 0 Å². The third kappa shape index (κ3) is 5.52. The maximum absolute atomic E-state index is 12.0. The number of nitrogens with two attached hydrogens (primary N) is 1. The molecule has 1 amide bonds. The van der Waals surface area contributed by atoms with Crippen LogP contribution in [0.5, 0.6) is 5.75 Å². The molecule has 0 aliphatic carbocycles. The lowest BCUT2D eigenvalue weighted by Gasteiger charge is -2.18. The highest BCUT2D eigenvalue weighted by molar-refractivity contribution is 7.80. The van der Waals surface area contributed by atoms with E-state index in [1.807, 2.05) is 6.92 Å². The fraction of sp³-hybridized carbons (Fsp3) is 0.467. The van der Waals surface area contributed by atoms with Crippen LogP contribution in [0.25, 0.3) is 0 Å². The van der Waals surface area contributed by atoms with Crippen LogP contribution in [0.2, 0.25) is 5.02 Å². The summed E-state index contributed by atoms with van der Waals surface area (Å²) in [6.07, 6.45) is 1.36. The second kappa shape index (κ2) is 8.20. The fourth-order valence-electron chi connectivity index (χ4n) is 1.89. The standard InChI is InChI=1S/C15H21ClN2O2S/c1-4-5-9(2)18-15(19)10(3)20-11-6-7-12(14(17)21)13(16)8-11/h6-10H,4-5H2,1-3H3,(H2,17,21)(H,18,19). The van der Waals surface area contributed by atoms with E-state index in [1.54, 1.807) is 25.1 Å². The van der Waals surface area contributed by atoms with Gasteiger partial charge in [0.05, 0.1) is 5.02 Å². The molecule has 2 atom stereocenters. The largest absolute Gasteiger partial charge is 0.481 e. The summed E-state index contributed by atoms with van der Waals surface area (Å²) in [5.41, 5.74) is 6.13. The van der Waals surface area contributed by atoms with Crippen LogP contribution in [0, 0.1) is 0 Å². The average Bonchev–Trinajstić information content (AvgIpc) is 2.38. The predicted molar refractivity (Wildman–Crippen MR) is 89.9 cm³/mol. The lowest BCUT2D eigenvalue weighted by molar-refractivity contribution is -0.127. The van der Waals surface area contributed by atoms with Gasteiger partial charge in [-0.2, -0.15) is 0 Å². The van der Waals surface area contributed by atoms with E-state index < -0.39 is 6.10 Å². The van der Waals surface area contributed by atoms with Gasteiger partial charge in [-0.1, -0.05) is 37.2 Å². The molecule has 1 aromatic carbocycles. The molecule has 0 saturated carbocycles. The number of carbonyl (C=O) groups excluding carboxylic acids is 1. The molecule has 116 valence electrons. The van der Waals surface area contributed by atoms with Crippen molar-refractivity contribution in [2.75, 3.05) is 0 Å². The van der Waals surface area contributed by atoms with Gasteiger partial charge in [-0.05, 0) is 38.5 Å². The van der Waals surface area contributed by atoms with Crippen molar-refractivity contribution in [2.45, 2.75) is 45.8 Å². The number of hydrogen-bond donors (Lipinski definition) is 2. The second-order valence-corrected chi connectivity index (χ2v) is 5.81. The average molecular weight is 329 g/mol. The number of thiocarbonyl (C=S) groups is 1. The zero-order chi connectivity index (χ0) is 16.0. The van der Waals surface area contributed by atoms with Crippen molar-refractivity contribution in [2.24, 2.45) is 5.73 Å². The molecule has 1 rings (SSSR count). The molecule has 1 aromatic rings. The highest BCUT2D eigenvalue weighted by Gasteiger charge is 2.17. The molecule has 0 saturated heterocycles. The van der Waals surface area contributed by atoms with Crippen molar-refractivity contribution in [3.8, 4) is 5.75 Å². The summed E-state index contributed by atoms with van der Waals surface area (Å²) in [5.74, 6) is 0.358. The first-order valence-electron chi connectivity index (χ1n) is 6.91. The van der Waals surface area contributed by atoms with Crippen molar-refractivity contribution >= 4 is 34.7 Å². The highest BCUT2D eigenvalue weighted by Crippen LogP contribution is 2.23. The number of hydrogen-bond acceptors (Lipinski definition) is 3. The molecular weight excluding hydrogens is 308 g/mol. The van der Waals surface area contributed by atoms with Crippen molar-refractivity contribution < 1.29 is 9.53 Å². The van der Waals surface area contributed by atoms with E-state index in [4.69, 9.17) is 34.3 Å². The summed E-state index contributed by atoms with van der Waals surface area (Å²) in [6, 6.07) is 5.12. The van der Waals surface area contributed by atoms with Gasteiger partial charge in [0.1, 0.15) is 10.7 Å². The monoisotopic (exact) mass is 328 g/mol. The Bertz CT molecular complexity index is 522. The number of benzene rings is 1. The van der Waals surface area contributed by atoms with E-state index in [2.05, 4.69) is 12.2 Å². The SMILES string of the molecule is CCCC(C)NC(=O)C(C)Oc1ccc(C(N)=S)c(Cl)c1. The molecule has 0 aliphatic heterocycles. The van der Waals surface area contributed by atoms with Crippen LogP contribution in [0.3, 0.4) is 0 Å². The van der Waals surface area contributed by atoms with Crippen molar-refractivity contribution in [1.29, 1.82) is 0 Å². The van der Waals surface area contributed by atoms with Crippen LogP contribution in [0.4, 0.5) is 0 Å². The van der Waals surface area contributed by atoms with Gasteiger partial charge in [0.25, 0.3) is 5.91 Å². The number of amides is 1. The lowest BCUT2D eigenvalue weighted by atomic mass is 10.2. The Kier molecular flexibility index (Phi) is 6.92. The number of halogens is 1. The molecule has 21 heavy (non-hydrogen) atoms. The van der Waals surface area contributed by atoms with Crippen molar-refractivity contribution in [1.82, 2.24) is 5.32 Å². The second-order valence-electron chi connectivity index (χ2n) is 4.96. The molecule has 0 spiro atoms. The maximum Gasteiger partial charge on any atom is 0.260 e. The summed E-state index contributed by atoms with van der Waals surface area (Å²) in [5, 5.41) is 3.32. The molecule has 0 aromatic heterocycles. The molecule has 0 aliphatic rings. The van der Waals surface area contributed by atoms with E-state index in [9.17, 15) is 4.79 Å². The molecule has 0 bridgehead atoms. The third-order valence-electron chi connectivity index (χ3n) is 3.00. The number of carbonyl (C=O) groups is 1. The summed E-state index contributed by atoms with van der Waals surface area (Å²) in [7, 11) is 0. The van der Waals surface area contributed by atoms with Crippen LogP contribution in [-0.2, 0) is 4.79 Å². The van der Waals surface area contributed by atoms with Gasteiger partial charge in [0, 0.05) is 11.6 Å². The van der Waals surface area contributed by atoms with Gasteiger partial charge >= 0.3 is 0 Å². The highest BCUT2D eigenvalue weighted by atomic mass is 35.5. The Morgan fingerprint density at radius 1 is 1.48 bits per heavy atom. The van der Waals surface area contributed by atoms with Crippen LogP contribution in [0.1, 0.15) is 39.2 Å². The van der Waals surface area contributed by atoms with Gasteiger partial charge in [0.15, 0.2) is 6.10 Å². The van der Waals surface area contributed by atoms with E-state index >= 15 is 0 Å². The molecule has 6 heteroatoms. The van der Waals surface area contributed by atoms with Gasteiger partial charge in [-0.25, -0.2) is 0 Å². The Morgan fingerprint density at radius 2 is 2.14 bits per heavy atom. The molecule has 3 N–H and O–H groups in total. The minimum absolute atomic E-state index is 0.133. The Balaban J connectivity index is 2.66. The third-order valence-corrected chi connectivity index (χ3v) is 3.53. The lowest BCUT2D eigenvalue weighted by Crippen LogP contribution is -2.41. The van der Waals surface area contributed by atoms with Crippen LogP contribution < -0.4 is 15.8 Å². The minimum atomic E-state index is -0.601. The quantitative estimate of drug-likeness (QED) is 0.755. The summed E-state index contributed by atoms with van der Waals surface area (Å²) in [4.78, 5) is 12.2. The summed E-state index contributed by atoms with van der Waals surface area (Å²) < 4.78 is 5.59. The van der Waals surface area contributed by atoms with Crippen LogP contribution in [-0.4, -0.2) is 23.0 Å². The Labute approximate surface area is 136 Å². The van der Waals surface area contributed by atoms with Crippen molar-refractivity contribution in [3.63, 3.8) is 0 Å². The van der Waals surface area contributed by atoms with Crippen LogP contribution in [0.15, 0.2) is 18.2 Å². The fourth-order valence-corrected chi connectivity index (χ4v) is 2.40. The van der Waals surface area contributed by atoms with E-state index in [0.29, 0.717) is 16.3 Å². The van der Waals surface area contributed by atoms with Gasteiger partial charge < -0.3 is 15.8 Å². The zero-order valence-corrected chi connectivity index (χ0v) is 14.1. The zero-order valence-electron chi connectivity index (χ0n) is 12.5. The first kappa shape index (κ1) is 17.7. The molecular formula is C15H21ClN2O2S. The van der Waals surface area contributed by atoms with E-state index in [0.717, 1.165) is 12.8 Å². The topological polar surface area (TPSA) is 64.3 Å². The van der Waals surface area contributed by atoms with Crippen molar-refractivity contribution in [3.05, 3.63) is 28.8 Å². The van der Waals surface area contributed by atoms with Crippen LogP contribution >= 0.6 is 23.8 Å². The predicted octanol–water partition coefficient (Wildman–Crippen LogP) is 3.05. The molecule has 0 radical (unpaired) electrons. The summed E-state index contributed by atoms with van der Waals surface area (Å²) in [6.45, 7) is 5.75. The molecule has 4 nitrogen and oxygen atoms in total. The number of rotatable bonds is 7. The minimum Gasteiger partial charge on any atom is -0.481 e. The number of nitrogens with one attached hydrogen (secondary N) is 1. The maximum atomic E-state index is 12.0. The molecule has 0 heterocycles.